The zero-order chi connectivity index (χ0) is 25.2. The summed E-state index contributed by atoms with van der Waals surface area (Å²) in [5.41, 5.74) is -0.329. The number of carboxylic acids is 1. The summed E-state index contributed by atoms with van der Waals surface area (Å²) in [6.07, 6.45) is -1.89. The van der Waals surface area contributed by atoms with Gasteiger partial charge < -0.3 is 19.9 Å². The molecular weight excluding hydrogens is 469 g/mol. The standard InChI is InChI=1S/C24H23ClFNO7/c1-12(28)13-5-7-18-15(10-13)21(27-23(32)14-4-6-17(26)16(25)11-14)22(24(2,3)34-18)33-20(31)9-8-19(29)30/h4-7,10-11,21-22H,8-9H2,1-3H3,(H,27,32)(H,29,30)/t21-,22-/m0/s1. The molecule has 1 amide bonds. The number of benzene rings is 2. The highest BCUT2D eigenvalue weighted by atomic mass is 35.5. The van der Waals surface area contributed by atoms with Crippen LogP contribution in [0.5, 0.6) is 5.75 Å². The molecular formula is C24H23ClFNO7. The van der Waals surface area contributed by atoms with Gasteiger partial charge in [0.05, 0.1) is 23.9 Å². The van der Waals surface area contributed by atoms with Gasteiger partial charge in [0.2, 0.25) is 0 Å². The van der Waals surface area contributed by atoms with Crippen LogP contribution in [0.1, 0.15) is 65.9 Å². The fourth-order valence-electron chi connectivity index (χ4n) is 3.64. The normalized spacial score (nSPS) is 18.3. The van der Waals surface area contributed by atoms with Crippen molar-refractivity contribution in [3.63, 3.8) is 0 Å². The first kappa shape index (κ1) is 25.2. The first-order chi connectivity index (χ1) is 15.9. The van der Waals surface area contributed by atoms with Crippen LogP contribution in [-0.4, -0.2) is 40.4 Å². The van der Waals surface area contributed by atoms with Crippen LogP contribution >= 0.6 is 11.6 Å². The Morgan fingerprint density at radius 3 is 2.41 bits per heavy atom. The fourth-order valence-corrected chi connectivity index (χ4v) is 3.82. The number of amides is 1. The van der Waals surface area contributed by atoms with Crippen molar-refractivity contribution in [3.8, 4) is 5.75 Å². The molecule has 0 spiro atoms. The van der Waals surface area contributed by atoms with Gasteiger partial charge in [-0.1, -0.05) is 11.6 Å². The van der Waals surface area contributed by atoms with E-state index in [9.17, 15) is 23.6 Å². The Morgan fingerprint density at radius 2 is 1.79 bits per heavy atom. The van der Waals surface area contributed by atoms with Gasteiger partial charge in [0, 0.05) is 16.7 Å². The van der Waals surface area contributed by atoms with Gasteiger partial charge in [-0.25, -0.2) is 4.39 Å². The molecule has 0 aromatic heterocycles. The Morgan fingerprint density at radius 1 is 1.12 bits per heavy atom. The average molecular weight is 492 g/mol. The first-order valence-corrected chi connectivity index (χ1v) is 10.8. The summed E-state index contributed by atoms with van der Waals surface area (Å²) in [7, 11) is 0. The van der Waals surface area contributed by atoms with E-state index >= 15 is 0 Å². The molecule has 8 nitrogen and oxygen atoms in total. The molecule has 0 bridgehead atoms. The summed E-state index contributed by atoms with van der Waals surface area (Å²) >= 11 is 5.81. The Kier molecular flexibility index (Phi) is 7.26. The number of hydrogen-bond donors (Lipinski definition) is 2. The van der Waals surface area contributed by atoms with Gasteiger partial charge in [-0.15, -0.1) is 0 Å². The van der Waals surface area contributed by atoms with Crippen LogP contribution in [0.15, 0.2) is 36.4 Å². The first-order valence-electron chi connectivity index (χ1n) is 10.4. The number of rotatable bonds is 7. The van der Waals surface area contributed by atoms with E-state index in [1.165, 1.54) is 19.1 Å². The van der Waals surface area contributed by atoms with E-state index in [1.54, 1.807) is 26.0 Å². The molecule has 2 aromatic rings. The predicted octanol–water partition coefficient (Wildman–Crippen LogP) is 4.10. The van der Waals surface area contributed by atoms with Crippen molar-refractivity contribution in [3.05, 3.63) is 63.9 Å². The second-order valence-electron chi connectivity index (χ2n) is 8.40. The highest BCUT2D eigenvalue weighted by molar-refractivity contribution is 6.31. The molecule has 34 heavy (non-hydrogen) atoms. The minimum atomic E-state index is -1.16. The maximum Gasteiger partial charge on any atom is 0.306 e. The second-order valence-corrected chi connectivity index (χ2v) is 8.81. The van der Waals surface area contributed by atoms with E-state index in [2.05, 4.69) is 5.32 Å². The maximum atomic E-state index is 13.6. The molecule has 0 unspecified atom stereocenters. The van der Waals surface area contributed by atoms with Crippen molar-refractivity contribution < 1.29 is 38.1 Å². The molecule has 3 rings (SSSR count). The summed E-state index contributed by atoms with van der Waals surface area (Å²) < 4.78 is 25.2. The van der Waals surface area contributed by atoms with Crippen LogP contribution in [-0.2, 0) is 14.3 Å². The van der Waals surface area contributed by atoms with Crippen LogP contribution in [0.3, 0.4) is 0 Å². The Balaban J connectivity index is 2.02. The number of aliphatic carboxylic acids is 1. The maximum absolute atomic E-state index is 13.6. The number of fused-ring (bicyclic) bond motifs is 1. The van der Waals surface area contributed by atoms with Crippen LogP contribution in [0.2, 0.25) is 5.02 Å². The van der Waals surface area contributed by atoms with E-state index in [-0.39, 0.29) is 22.8 Å². The smallest absolute Gasteiger partial charge is 0.306 e. The number of carbonyl (C=O) groups excluding carboxylic acids is 3. The minimum Gasteiger partial charge on any atom is -0.484 e. The molecule has 1 heterocycles. The van der Waals surface area contributed by atoms with Crippen molar-refractivity contribution in [2.75, 3.05) is 0 Å². The van der Waals surface area contributed by atoms with Gasteiger partial charge in [-0.3, -0.25) is 19.2 Å². The molecule has 2 aromatic carbocycles. The van der Waals surface area contributed by atoms with Crippen LogP contribution in [0.4, 0.5) is 4.39 Å². The quantitative estimate of drug-likeness (QED) is 0.442. The summed E-state index contributed by atoms with van der Waals surface area (Å²) in [4.78, 5) is 48.3. The van der Waals surface area contributed by atoms with Gasteiger partial charge in [-0.2, -0.15) is 0 Å². The molecule has 180 valence electrons. The molecule has 0 fully saturated rings. The fraction of sp³-hybridized carbons (Fsp3) is 0.333. The Bertz CT molecular complexity index is 1160. The summed E-state index contributed by atoms with van der Waals surface area (Å²) in [5, 5.41) is 11.4. The molecule has 0 saturated heterocycles. The number of esters is 1. The van der Waals surface area contributed by atoms with Gasteiger partial charge in [0.1, 0.15) is 17.2 Å². The van der Waals surface area contributed by atoms with Gasteiger partial charge in [0.15, 0.2) is 11.9 Å². The third-order valence-electron chi connectivity index (χ3n) is 5.38. The van der Waals surface area contributed by atoms with Crippen LogP contribution in [0, 0.1) is 5.82 Å². The molecule has 10 heteroatoms. The van der Waals surface area contributed by atoms with Crippen LogP contribution in [0.25, 0.3) is 0 Å². The number of nitrogens with one attached hydrogen (secondary N) is 1. The lowest BCUT2D eigenvalue weighted by atomic mass is 9.85. The van der Waals surface area contributed by atoms with E-state index in [0.717, 1.165) is 12.1 Å². The van der Waals surface area contributed by atoms with E-state index in [4.69, 9.17) is 26.2 Å². The number of ketones is 1. The topological polar surface area (TPSA) is 119 Å². The van der Waals surface area contributed by atoms with Crippen molar-refractivity contribution in [2.24, 2.45) is 0 Å². The zero-order valence-corrected chi connectivity index (χ0v) is 19.4. The lowest BCUT2D eigenvalue weighted by Gasteiger charge is -2.44. The summed E-state index contributed by atoms with van der Waals surface area (Å²) in [6, 6.07) is 7.20. The lowest BCUT2D eigenvalue weighted by Crippen LogP contribution is -2.55. The Hall–Kier alpha value is -3.46. The van der Waals surface area contributed by atoms with E-state index < -0.39 is 47.8 Å². The van der Waals surface area contributed by atoms with Gasteiger partial charge in [0.25, 0.3) is 5.91 Å². The highest BCUT2D eigenvalue weighted by Gasteiger charge is 2.47. The lowest BCUT2D eigenvalue weighted by molar-refractivity contribution is -0.166. The third kappa shape index (κ3) is 5.53. The van der Waals surface area contributed by atoms with Gasteiger partial charge >= 0.3 is 11.9 Å². The number of hydrogen-bond acceptors (Lipinski definition) is 6. The summed E-state index contributed by atoms with van der Waals surface area (Å²) in [6.45, 7) is 4.68. The predicted molar refractivity (Wildman–Crippen MR) is 120 cm³/mol. The monoisotopic (exact) mass is 491 g/mol. The molecule has 1 aliphatic heterocycles. The van der Waals surface area contributed by atoms with Gasteiger partial charge in [-0.05, 0) is 57.2 Å². The van der Waals surface area contributed by atoms with Crippen molar-refractivity contribution in [2.45, 2.75) is 51.4 Å². The number of ether oxygens (including phenoxy) is 2. The van der Waals surface area contributed by atoms with Crippen molar-refractivity contribution in [1.29, 1.82) is 0 Å². The third-order valence-corrected chi connectivity index (χ3v) is 5.67. The number of halogens is 2. The number of Topliss-reactive ketones (excluding diaryl/α,β-unsaturated/α-hetero) is 1. The number of carboxylic acid groups (broad SMARTS) is 1. The SMILES string of the molecule is CC(=O)c1ccc2c(c1)[C@H](NC(=O)c1ccc(F)c(Cl)c1)[C@H](OC(=O)CCC(=O)O)C(C)(C)O2. The van der Waals surface area contributed by atoms with Crippen molar-refractivity contribution >= 4 is 35.2 Å². The molecule has 2 N–H and O–H groups in total. The van der Waals surface area contributed by atoms with Crippen LogP contribution < -0.4 is 10.1 Å². The second kappa shape index (κ2) is 9.80. The van der Waals surface area contributed by atoms with Crippen molar-refractivity contribution in [1.82, 2.24) is 5.32 Å². The van der Waals surface area contributed by atoms with E-state index in [1.807, 2.05) is 0 Å². The Labute approximate surface area is 200 Å². The molecule has 0 saturated carbocycles. The molecule has 0 radical (unpaired) electrons. The minimum absolute atomic E-state index is 0.0657. The summed E-state index contributed by atoms with van der Waals surface area (Å²) in [5.74, 6) is -3.12. The molecule has 0 aliphatic carbocycles. The highest BCUT2D eigenvalue weighted by Crippen LogP contribution is 2.42. The number of carbonyl (C=O) groups is 4. The zero-order valence-electron chi connectivity index (χ0n) is 18.7. The van der Waals surface area contributed by atoms with E-state index in [0.29, 0.717) is 16.9 Å². The molecule has 2 atom stereocenters. The average Bonchev–Trinajstić information content (AvgIpc) is 2.75. The molecule has 1 aliphatic rings. The largest absolute Gasteiger partial charge is 0.484 e.